The van der Waals surface area contributed by atoms with Crippen LogP contribution in [0.2, 0.25) is 5.02 Å². The third-order valence-corrected chi connectivity index (χ3v) is 5.42. The Hall–Kier alpha value is -2.16. The summed E-state index contributed by atoms with van der Waals surface area (Å²) in [4.78, 5) is 37.7. The molecule has 1 atom stereocenters. The summed E-state index contributed by atoms with van der Waals surface area (Å²) < 4.78 is 0. The van der Waals surface area contributed by atoms with Crippen LogP contribution >= 0.6 is 11.6 Å². The molecule has 3 rings (SSSR count). The molecule has 2 fully saturated rings. The monoisotopic (exact) mass is 395 g/mol. The number of hydrogen-bond donors (Lipinski definition) is 4. The maximum atomic E-state index is 12.5. The van der Waals surface area contributed by atoms with Crippen molar-refractivity contribution in [3.63, 3.8) is 0 Å². The summed E-state index contributed by atoms with van der Waals surface area (Å²) >= 11 is 5.98. The van der Waals surface area contributed by atoms with Gasteiger partial charge < -0.3 is 25.7 Å². The van der Waals surface area contributed by atoms with Crippen LogP contribution in [0.1, 0.15) is 29.3 Å². The Balaban J connectivity index is 1.52. The molecule has 27 heavy (non-hydrogen) atoms. The Labute approximate surface area is 161 Å². The van der Waals surface area contributed by atoms with Gasteiger partial charge in [0.15, 0.2) is 0 Å². The van der Waals surface area contributed by atoms with Crippen molar-refractivity contribution >= 4 is 29.3 Å². The Morgan fingerprint density at radius 1 is 1.37 bits per heavy atom. The Morgan fingerprint density at radius 2 is 2.07 bits per heavy atom. The predicted molar refractivity (Wildman–Crippen MR) is 97.0 cm³/mol. The minimum atomic E-state index is -1.20. The number of aliphatic hydroxyl groups is 2. The molecule has 1 aromatic rings. The number of carbonyl (C=O) groups excluding carboxylic acids is 3. The minimum absolute atomic E-state index is 0.0110. The molecule has 8 nitrogen and oxygen atoms in total. The topological polar surface area (TPSA) is 119 Å². The molecule has 9 heteroatoms. The van der Waals surface area contributed by atoms with Crippen molar-refractivity contribution in [1.29, 1.82) is 0 Å². The van der Waals surface area contributed by atoms with E-state index in [9.17, 15) is 19.5 Å². The van der Waals surface area contributed by atoms with E-state index in [-0.39, 0.29) is 49.5 Å². The van der Waals surface area contributed by atoms with Gasteiger partial charge in [0.05, 0.1) is 31.7 Å². The third-order valence-electron chi connectivity index (χ3n) is 5.06. The average Bonchev–Trinajstić information content (AvgIpc) is 2.96. The summed E-state index contributed by atoms with van der Waals surface area (Å²) in [7, 11) is 0. The van der Waals surface area contributed by atoms with Crippen LogP contribution in [-0.2, 0) is 16.2 Å². The summed E-state index contributed by atoms with van der Waals surface area (Å²) in [5.74, 6) is -0.736. The van der Waals surface area contributed by atoms with E-state index in [1.54, 1.807) is 19.1 Å². The molecule has 2 aliphatic rings. The molecule has 2 heterocycles. The van der Waals surface area contributed by atoms with E-state index in [1.807, 2.05) is 0 Å². The van der Waals surface area contributed by atoms with Crippen molar-refractivity contribution < 1.29 is 24.6 Å². The van der Waals surface area contributed by atoms with Gasteiger partial charge in [0.2, 0.25) is 11.8 Å². The molecule has 2 saturated heterocycles. The van der Waals surface area contributed by atoms with Crippen molar-refractivity contribution in [2.75, 3.05) is 26.2 Å². The fraction of sp³-hybridized carbons (Fsp3) is 0.500. The molecule has 0 aromatic heterocycles. The fourth-order valence-corrected chi connectivity index (χ4v) is 3.63. The van der Waals surface area contributed by atoms with Gasteiger partial charge in [-0.1, -0.05) is 17.7 Å². The number of β-amino-alcohol motifs (C(OH)–C–C–N with tert-alkyl or cyclic N) is 1. The molecule has 0 radical (unpaired) electrons. The molecule has 1 aromatic carbocycles. The first-order valence-corrected chi connectivity index (χ1v) is 9.00. The molecule has 146 valence electrons. The number of rotatable bonds is 5. The van der Waals surface area contributed by atoms with Gasteiger partial charge in [0.1, 0.15) is 5.60 Å². The molecule has 1 unspecified atom stereocenters. The Bertz CT molecular complexity index is 793. The van der Waals surface area contributed by atoms with Gasteiger partial charge in [0, 0.05) is 23.6 Å². The highest BCUT2D eigenvalue weighted by atomic mass is 35.5. The smallest absolute Gasteiger partial charge is 0.251 e. The number of hydrogen-bond acceptors (Lipinski definition) is 5. The highest BCUT2D eigenvalue weighted by molar-refractivity contribution is 6.31. The van der Waals surface area contributed by atoms with E-state index in [0.29, 0.717) is 17.7 Å². The molecule has 0 saturated carbocycles. The average molecular weight is 396 g/mol. The molecule has 0 aliphatic carbocycles. The van der Waals surface area contributed by atoms with Gasteiger partial charge in [-0.15, -0.1) is 0 Å². The lowest BCUT2D eigenvalue weighted by Gasteiger charge is -2.48. The van der Waals surface area contributed by atoms with E-state index in [4.69, 9.17) is 16.7 Å². The molecule has 0 bridgehead atoms. The Kier molecular flexibility index (Phi) is 5.16. The van der Waals surface area contributed by atoms with E-state index in [2.05, 4.69) is 10.6 Å². The lowest BCUT2D eigenvalue weighted by Crippen LogP contribution is -2.69. The number of nitrogens with one attached hydrogen (secondary N) is 2. The lowest BCUT2D eigenvalue weighted by molar-refractivity contribution is -0.163. The maximum absolute atomic E-state index is 12.5. The second kappa shape index (κ2) is 7.10. The fourth-order valence-electron chi connectivity index (χ4n) is 3.39. The van der Waals surface area contributed by atoms with Gasteiger partial charge in [-0.25, -0.2) is 0 Å². The van der Waals surface area contributed by atoms with Crippen LogP contribution in [0.25, 0.3) is 0 Å². The first-order chi connectivity index (χ1) is 12.7. The SMILES string of the molecule is CC1(C(=O)N2CC(O)(CNC(=O)c3ccc(CO)c(Cl)c3)C2)CNC(=O)C1. The minimum Gasteiger partial charge on any atom is -0.392 e. The number of nitrogens with zero attached hydrogens (tertiary/aromatic N) is 1. The molecule has 3 amide bonds. The summed E-state index contributed by atoms with van der Waals surface area (Å²) in [5, 5.41) is 25.2. The first kappa shape index (κ1) is 19.6. The number of amides is 3. The van der Waals surface area contributed by atoms with Crippen molar-refractivity contribution in [2.24, 2.45) is 5.41 Å². The van der Waals surface area contributed by atoms with Crippen LogP contribution in [0.4, 0.5) is 0 Å². The summed E-state index contributed by atoms with van der Waals surface area (Å²) in [6.07, 6.45) is 0.141. The molecular formula is C18H22ClN3O5. The standard InChI is InChI=1S/C18H22ClN3O5/c1-17(5-14(24)20-7-17)16(26)22-9-18(27,10-22)8-21-15(25)11-2-3-12(6-23)13(19)4-11/h2-4,23,27H,5-10H2,1H3,(H,20,24)(H,21,25). The van der Waals surface area contributed by atoms with Gasteiger partial charge in [-0.2, -0.15) is 0 Å². The van der Waals surface area contributed by atoms with Gasteiger partial charge in [0.25, 0.3) is 5.91 Å². The van der Waals surface area contributed by atoms with E-state index in [1.165, 1.54) is 11.0 Å². The maximum Gasteiger partial charge on any atom is 0.251 e. The third kappa shape index (κ3) is 3.92. The number of carbonyl (C=O) groups is 3. The highest BCUT2D eigenvalue weighted by Gasteiger charge is 2.50. The number of aliphatic hydroxyl groups excluding tert-OH is 1. The molecule has 0 spiro atoms. The number of likely N-dealkylation sites (tertiary alicyclic amines) is 1. The second-order valence-corrected chi connectivity index (χ2v) is 7.95. The van der Waals surface area contributed by atoms with Crippen LogP contribution in [0, 0.1) is 5.41 Å². The number of halogens is 1. The zero-order valence-corrected chi connectivity index (χ0v) is 15.7. The quantitative estimate of drug-likeness (QED) is 0.544. The van der Waals surface area contributed by atoms with Crippen LogP contribution in [0.15, 0.2) is 18.2 Å². The van der Waals surface area contributed by atoms with Crippen LogP contribution in [0.3, 0.4) is 0 Å². The van der Waals surface area contributed by atoms with Crippen molar-refractivity contribution in [2.45, 2.75) is 25.6 Å². The van der Waals surface area contributed by atoms with Crippen molar-refractivity contribution in [3.8, 4) is 0 Å². The van der Waals surface area contributed by atoms with Crippen LogP contribution < -0.4 is 10.6 Å². The largest absolute Gasteiger partial charge is 0.392 e. The molecule has 4 N–H and O–H groups in total. The van der Waals surface area contributed by atoms with Crippen molar-refractivity contribution in [3.05, 3.63) is 34.3 Å². The van der Waals surface area contributed by atoms with Crippen LogP contribution in [0.5, 0.6) is 0 Å². The van der Waals surface area contributed by atoms with Crippen LogP contribution in [-0.4, -0.2) is 64.6 Å². The first-order valence-electron chi connectivity index (χ1n) is 8.62. The van der Waals surface area contributed by atoms with Gasteiger partial charge in [-0.3, -0.25) is 14.4 Å². The predicted octanol–water partition coefficient (Wildman–Crippen LogP) is -0.338. The number of benzene rings is 1. The van der Waals surface area contributed by atoms with E-state index in [0.717, 1.165) is 0 Å². The molecular weight excluding hydrogens is 374 g/mol. The van der Waals surface area contributed by atoms with Gasteiger partial charge in [-0.05, 0) is 24.6 Å². The van der Waals surface area contributed by atoms with E-state index >= 15 is 0 Å². The zero-order valence-electron chi connectivity index (χ0n) is 14.9. The zero-order chi connectivity index (χ0) is 19.8. The summed E-state index contributed by atoms with van der Waals surface area (Å²) in [6, 6.07) is 4.56. The summed E-state index contributed by atoms with van der Waals surface area (Å²) in [6.45, 7) is 1.99. The lowest BCUT2D eigenvalue weighted by atomic mass is 9.84. The Morgan fingerprint density at radius 3 is 2.63 bits per heavy atom. The van der Waals surface area contributed by atoms with Gasteiger partial charge >= 0.3 is 0 Å². The normalized spacial score (nSPS) is 23.6. The van der Waals surface area contributed by atoms with E-state index < -0.39 is 16.9 Å². The van der Waals surface area contributed by atoms with Crippen molar-refractivity contribution in [1.82, 2.24) is 15.5 Å². The second-order valence-electron chi connectivity index (χ2n) is 7.55. The summed E-state index contributed by atoms with van der Waals surface area (Å²) in [5.41, 5.74) is -1.15. The highest BCUT2D eigenvalue weighted by Crippen LogP contribution is 2.32. The molecule has 2 aliphatic heterocycles.